The summed E-state index contributed by atoms with van der Waals surface area (Å²) in [5.74, 6) is 0. The zero-order valence-corrected chi connectivity index (χ0v) is 11.0. The molecule has 2 rings (SSSR count). The van der Waals surface area contributed by atoms with E-state index in [1.165, 1.54) is 12.1 Å². The molecule has 0 fully saturated rings. The maximum absolute atomic E-state index is 10.8. The summed E-state index contributed by atoms with van der Waals surface area (Å²) in [4.78, 5) is -0.0730. The van der Waals surface area contributed by atoms with Crippen molar-refractivity contribution in [2.24, 2.45) is 0 Å². The van der Waals surface area contributed by atoms with Crippen molar-refractivity contribution >= 4 is 31.3 Å². The molecule has 0 aliphatic rings. The first-order valence-corrected chi connectivity index (χ1v) is 7.57. The molecular formula is C10H10O7S2. The van der Waals surface area contributed by atoms with Crippen LogP contribution in [-0.4, -0.2) is 30.5 Å². The zero-order chi connectivity index (χ0) is 14.7. The van der Waals surface area contributed by atoms with Gasteiger partial charge in [-0.05, 0) is 22.9 Å². The van der Waals surface area contributed by atoms with Gasteiger partial charge in [-0.25, -0.2) is 0 Å². The maximum Gasteiger partial charge on any atom is 0.394 e. The van der Waals surface area contributed by atoms with Crippen molar-refractivity contribution in [3.63, 3.8) is 0 Å². The van der Waals surface area contributed by atoms with E-state index in [0.717, 1.165) is 10.8 Å². The van der Waals surface area contributed by atoms with Crippen LogP contribution >= 0.6 is 0 Å². The lowest BCUT2D eigenvalue weighted by molar-refractivity contribution is 0.381. The highest BCUT2D eigenvalue weighted by Crippen LogP contribution is 2.18. The summed E-state index contributed by atoms with van der Waals surface area (Å²) < 4.78 is 62.1. The first-order chi connectivity index (χ1) is 8.57. The van der Waals surface area contributed by atoms with Crippen LogP contribution in [0.15, 0.2) is 47.4 Å². The molecule has 0 heterocycles. The predicted molar refractivity (Wildman–Crippen MR) is 67.9 cm³/mol. The first kappa shape index (κ1) is 15.5. The quantitative estimate of drug-likeness (QED) is 0.679. The fourth-order valence-corrected chi connectivity index (χ4v) is 1.84. The van der Waals surface area contributed by atoms with Gasteiger partial charge in [-0.1, -0.05) is 30.3 Å². The Morgan fingerprint density at radius 3 is 1.68 bits per heavy atom. The van der Waals surface area contributed by atoms with Crippen LogP contribution in [-0.2, 0) is 20.5 Å². The van der Waals surface area contributed by atoms with Gasteiger partial charge in [0, 0.05) is 0 Å². The molecule has 0 amide bonds. The molecule has 0 unspecified atom stereocenters. The number of hydrogen-bond acceptors (Lipinski definition) is 4. The highest BCUT2D eigenvalue weighted by Gasteiger charge is 2.08. The van der Waals surface area contributed by atoms with Crippen molar-refractivity contribution in [2.75, 3.05) is 0 Å². The maximum atomic E-state index is 10.8. The molecule has 0 aromatic heterocycles. The minimum atomic E-state index is -4.67. The monoisotopic (exact) mass is 306 g/mol. The minimum absolute atomic E-state index is 0.0730. The second-order valence-electron chi connectivity index (χ2n) is 3.43. The van der Waals surface area contributed by atoms with Gasteiger partial charge < -0.3 is 0 Å². The van der Waals surface area contributed by atoms with E-state index >= 15 is 0 Å². The fourth-order valence-electron chi connectivity index (χ4n) is 1.33. The van der Waals surface area contributed by atoms with E-state index in [0.29, 0.717) is 0 Å². The van der Waals surface area contributed by atoms with Crippen molar-refractivity contribution in [3.05, 3.63) is 42.5 Å². The Kier molecular flexibility index (Phi) is 4.61. The molecule has 0 aliphatic carbocycles. The summed E-state index contributed by atoms with van der Waals surface area (Å²) in [6.07, 6.45) is 0. The van der Waals surface area contributed by atoms with Gasteiger partial charge >= 0.3 is 10.4 Å². The van der Waals surface area contributed by atoms with E-state index in [-0.39, 0.29) is 4.90 Å². The normalized spacial score (nSPS) is 11.7. The molecular weight excluding hydrogens is 296 g/mol. The molecule has 0 saturated heterocycles. The highest BCUT2D eigenvalue weighted by atomic mass is 32.3. The SMILES string of the molecule is O=S(=O)(O)O.O=S(=O)(O)c1ccc2ccccc2c1. The van der Waals surface area contributed by atoms with E-state index in [1.54, 1.807) is 12.1 Å². The first-order valence-electron chi connectivity index (χ1n) is 4.73. The Balaban J connectivity index is 0.000000312. The van der Waals surface area contributed by atoms with E-state index in [1.807, 2.05) is 18.2 Å². The third kappa shape index (κ3) is 5.77. The van der Waals surface area contributed by atoms with E-state index in [9.17, 15) is 8.42 Å². The van der Waals surface area contributed by atoms with Gasteiger partial charge in [0.15, 0.2) is 0 Å². The van der Waals surface area contributed by atoms with Crippen LogP contribution in [0, 0.1) is 0 Å². The van der Waals surface area contributed by atoms with Gasteiger partial charge in [0.1, 0.15) is 0 Å². The van der Waals surface area contributed by atoms with Crippen molar-refractivity contribution in [1.82, 2.24) is 0 Å². The minimum Gasteiger partial charge on any atom is -0.282 e. The molecule has 19 heavy (non-hydrogen) atoms. The molecule has 9 heteroatoms. The van der Waals surface area contributed by atoms with Crippen LogP contribution in [0.1, 0.15) is 0 Å². The summed E-state index contributed by atoms with van der Waals surface area (Å²) >= 11 is 0. The van der Waals surface area contributed by atoms with Crippen molar-refractivity contribution in [3.8, 4) is 0 Å². The lowest BCUT2D eigenvalue weighted by atomic mass is 10.1. The number of hydrogen-bond donors (Lipinski definition) is 3. The summed E-state index contributed by atoms with van der Waals surface area (Å²) in [5.41, 5.74) is 0. The van der Waals surface area contributed by atoms with E-state index in [2.05, 4.69) is 0 Å². The Hall–Kier alpha value is -1.52. The van der Waals surface area contributed by atoms with Crippen LogP contribution in [0.4, 0.5) is 0 Å². The Bertz CT molecular complexity index is 770. The molecule has 0 aliphatic heterocycles. The van der Waals surface area contributed by atoms with Crippen molar-refractivity contribution < 1.29 is 30.5 Å². The number of rotatable bonds is 1. The Labute approximate surface area is 109 Å². The average Bonchev–Trinajstić information content (AvgIpc) is 2.25. The van der Waals surface area contributed by atoms with Crippen LogP contribution < -0.4 is 0 Å². The van der Waals surface area contributed by atoms with Gasteiger partial charge in [-0.15, -0.1) is 0 Å². The van der Waals surface area contributed by atoms with Gasteiger partial charge in [0.2, 0.25) is 0 Å². The second kappa shape index (κ2) is 5.63. The lowest BCUT2D eigenvalue weighted by Gasteiger charge is -1.99. The highest BCUT2D eigenvalue weighted by molar-refractivity contribution is 7.85. The molecule has 0 saturated carbocycles. The van der Waals surface area contributed by atoms with Crippen molar-refractivity contribution in [1.29, 1.82) is 0 Å². The van der Waals surface area contributed by atoms with Crippen LogP contribution in [0.25, 0.3) is 10.8 Å². The molecule has 0 atom stereocenters. The van der Waals surface area contributed by atoms with Crippen LogP contribution in [0.2, 0.25) is 0 Å². The Morgan fingerprint density at radius 2 is 1.21 bits per heavy atom. The van der Waals surface area contributed by atoms with Gasteiger partial charge in [-0.2, -0.15) is 16.8 Å². The van der Waals surface area contributed by atoms with Gasteiger partial charge in [-0.3, -0.25) is 13.7 Å². The van der Waals surface area contributed by atoms with Crippen LogP contribution in [0.5, 0.6) is 0 Å². The van der Waals surface area contributed by atoms with E-state index in [4.69, 9.17) is 22.1 Å². The topological polar surface area (TPSA) is 129 Å². The smallest absolute Gasteiger partial charge is 0.282 e. The van der Waals surface area contributed by atoms with Gasteiger partial charge in [0.05, 0.1) is 4.90 Å². The molecule has 0 radical (unpaired) electrons. The molecule has 104 valence electrons. The molecule has 2 aromatic carbocycles. The summed E-state index contributed by atoms with van der Waals surface area (Å²) in [5, 5.41) is 1.74. The van der Waals surface area contributed by atoms with E-state index < -0.39 is 20.5 Å². The molecule has 7 nitrogen and oxygen atoms in total. The largest absolute Gasteiger partial charge is 0.394 e. The fraction of sp³-hybridized carbons (Fsp3) is 0. The summed E-state index contributed by atoms with van der Waals surface area (Å²) in [6.45, 7) is 0. The number of benzene rings is 2. The second-order valence-corrected chi connectivity index (χ2v) is 5.75. The molecule has 0 bridgehead atoms. The van der Waals surface area contributed by atoms with Crippen molar-refractivity contribution in [2.45, 2.75) is 4.90 Å². The summed E-state index contributed by atoms with van der Waals surface area (Å²) in [7, 11) is -8.76. The third-order valence-corrected chi connectivity index (χ3v) is 2.87. The predicted octanol–water partition coefficient (Wildman–Crippen LogP) is 1.43. The summed E-state index contributed by atoms with van der Waals surface area (Å²) in [6, 6.07) is 11.9. The third-order valence-electron chi connectivity index (χ3n) is 2.02. The van der Waals surface area contributed by atoms with Gasteiger partial charge in [0.25, 0.3) is 10.1 Å². The molecule has 2 aromatic rings. The van der Waals surface area contributed by atoms with Crippen LogP contribution in [0.3, 0.4) is 0 Å². The Morgan fingerprint density at radius 1 is 0.737 bits per heavy atom. The molecule has 3 N–H and O–H groups in total. The lowest BCUT2D eigenvalue weighted by Crippen LogP contribution is -1.97. The molecule has 0 spiro atoms. The zero-order valence-electron chi connectivity index (χ0n) is 9.33. The average molecular weight is 306 g/mol. The number of fused-ring (bicyclic) bond motifs is 1. The standard InChI is InChI=1S/C10H8O3S.H2O4S/c11-14(12,13)10-6-5-8-3-1-2-4-9(8)7-10;1-5(2,3)4/h1-7H,(H,11,12,13);(H2,1,2,3,4).